The van der Waals surface area contributed by atoms with Crippen LogP contribution >= 0.6 is 0 Å². The summed E-state index contributed by atoms with van der Waals surface area (Å²) in [4.78, 5) is 26.5. The maximum Gasteiger partial charge on any atom is 0.337 e. The fourth-order valence-corrected chi connectivity index (χ4v) is 3.21. The van der Waals surface area contributed by atoms with Crippen LogP contribution in [0.1, 0.15) is 38.2 Å². The Labute approximate surface area is 156 Å². The fraction of sp³-hybridized carbons (Fsp3) is 0.143. The van der Waals surface area contributed by atoms with Crippen LogP contribution in [0.4, 0.5) is 5.69 Å². The van der Waals surface area contributed by atoms with E-state index in [0.717, 1.165) is 11.3 Å². The third-order valence-corrected chi connectivity index (χ3v) is 4.58. The molecule has 0 saturated carbocycles. The zero-order valence-electron chi connectivity index (χ0n) is 14.7. The number of ether oxygens (including phenoxy) is 1. The second kappa shape index (κ2) is 6.99. The summed E-state index contributed by atoms with van der Waals surface area (Å²) in [7, 11) is 1.35. The lowest BCUT2D eigenvalue weighted by atomic mass is 10.0. The number of hydrogen-bond acceptors (Lipinski definition) is 5. The number of anilines is 1. The number of carbonyl (C=O) groups is 2. The van der Waals surface area contributed by atoms with Crippen molar-refractivity contribution in [2.45, 2.75) is 12.7 Å². The van der Waals surface area contributed by atoms with Crippen molar-refractivity contribution in [3.8, 4) is 0 Å². The molecule has 6 nitrogen and oxygen atoms in total. The third kappa shape index (κ3) is 3.17. The van der Waals surface area contributed by atoms with Gasteiger partial charge in [0.2, 0.25) is 0 Å². The molecule has 4 rings (SSSR count). The Bertz CT molecular complexity index is 964. The molecule has 2 heterocycles. The average molecular weight is 362 g/mol. The second-order valence-electron chi connectivity index (χ2n) is 6.22. The highest BCUT2D eigenvalue weighted by atomic mass is 16.5. The Balaban J connectivity index is 1.71. The molecule has 1 aliphatic rings. The minimum Gasteiger partial charge on any atom is -0.467 e. The van der Waals surface area contributed by atoms with E-state index in [1.807, 2.05) is 36.4 Å². The number of methoxy groups -OCH3 is 1. The van der Waals surface area contributed by atoms with Gasteiger partial charge in [-0.15, -0.1) is 0 Å². The van der Waals surface area contributed by atoms with Gasteiger partial charge in [0.15, 0.2) is 0 Å². The largest absolute Gasteiger partial charge is 0.467 e. The SMILES string of the molecule is COC(=O)c1ccc([C@@H]2Nc3ccccc3C(=O)N2Cc2ccco2)cc1. The number of carbonyl (C=O) groups excluding carboxylic acids is 2. The van der Waals surface area contributed by atoms with Crippen LogP contribution in [0.25, 0.3) is 0 Å². The summed E-state index contributed by atoms with van der Waals surface area (Å²) < 4.78 is 10.2. The summed E-state index contributed by atoms with van der Waals surface area (Å²) in [6.45, 7) is 0.330. The molecule has 1 atom stereocenters. The first-order valence-electron chi connectivity index (χ1n) is 8.54. The van der Waals surface area contributed by atoms with E-state index in [1.54, 1.807) is 35.4 Å². The van der Waals surface area contributed by atoms with Gasteiger partial charge in [-0.3, -0.25) is 4.79 Å². The van der Waals surface area contributed by atoms with Crippen LogP contribution in [0.2, 0.25) is 0 Å². The number of benzene rings is 2. The molecule has 1 amide bonds. The first-order valence-corrected chi connectivity index (χ1v) is 8.54. The number of nitrogens with one attached hydrogen (secondary N) is 1. The van der Waals surface area contributed by atoms with Crippen LogP contribution in [0, 0.1) is 0 Å². The summed E-state index contributed by atoms with van der Waals surface area (Å²) in [5.41, 5.74) is 2.71. The highest BCUT2D eigenvalue weighted by molar-refractivity contribution is 6.01. The standard InChI is InChI=1S/C21H18N2O4/c1-26-21(25)15-10-8-14(9-11-15)19-22-18-7-3-2-6-17(18)20(24)23(19)13-16-5-4-12-27-16/h2-12,19,22H,13H2,1H3/t19-/m1/s1. The molecule has 1 aliphatic heterocycles. The zero-order chi connectivity index (χ0) is 18.8. The molecule has 0 aliphatic carbocycles. The monoisotopic (exact) mass is 362 g/mol. The number of furan rings is 1. The molecule has 6 heteroatoms. The average Bonchev–Trinajstić information content (AvgIpc) is 3.23. The van der Waals surface area contributed by atoms with Gasteiger partial charge >= 0.3 is 5.97 Å². The van der Waals surface area contributed by atoms with Crippen molar-refractivity contribution in [3.63, 3.8) is 0 Å². The molecule has 0 spiro atoms. The van der Waals surface area contributed by atoms with Crippen molar-refractivity contribution < 1.29 is 18.7 Å². The van der Waals surface area contributed by atoms with E-state index >= 15 is 0 Å². The van der Waals surface area contributed by atoms with Crippen LogP contribution in [-0.2, 0) is 11.3 Å². The van der Waals surface area contributed by atoms with Crippen LogP contribution in [0.15, 0.2) is 71.3 Å². The van der Waals surface area contributed by atoms with Crippen LogP contribution in [0.5, 0.6) is 0 Å². The van der Waals surface area contributed by atoms with E-state index in [-0.39, 0.29) is 12.1 Å². The van der Waals surface area contributed by atoms with E-state index in [0.29, 0.717) is 23.4 Å². The van der Waals surface area contributed by atoms with Gasteiger partial charge in [-0.1, -0.05) is 24.3 Å². The van der Waals surface area contributed by atoms with Crippen molar-refractivity contribution in [2.24, 2.45) is 0 Å². The number of hydrogen-bond donors (Lipinski definition) is 1. The summed E-state index contributed by atoms with van der Waals surface area (Å²) in [6.07, 6.45) is 1.20. The van der Waals surface area contributed by atoms with E-state index in [9.17, 15) is 9.59 Å². The molecule has 0 fully saturated rings. The quantitative estimate of drug-likeness (QED) is 0.714. The molecule has 0 bridgehead atoms. The number of nitrogens with zero attached hydrogens (tertiary/aromatic N) is 1. The molecule has 0 saturated heterocycles. The number of fused-ring (bicyclic) bond motifs is 1. The first-order chi connectivity index (χ1) is 13.2. The molecule has 1 N–H and O–H groups in total. The van der Waals surface area contributed by atoms with Gasteiger partial charge in [0.25, 0.3) is 5.91 Å². The van der Waals surface area contributed by atoms with Gasteiger partial charge in [0, 0.05) is 5.69 Å². The maximum atomic E-state index is 13.1. The highest BCUT2D eigenvalue weighted by Gasteiger charge is 2.33. The van der Waals surface area contributed by atoms with Gasteiger partial charge in [0.1, 0.15) is 11.9 Å². The van der Waals surface area contributed by atoms with Gasteiger partial charge in [-0.2, -0.15) is 0 Å². The normalized spacial score (nSPS) is 15.8. The van der Waals surface area contributed by atoms with Gasteiger partial charge in [-0.25, -0.2) is 4.79 Å². The molecule has 3 aromatic rings. The summed E-state index contributed by atoms with van der Waals surface area (Å²) in [6, 6.07) is 18.1. The van der Waals surface area contributed by atoms with Crippen molar-refractivity contribution in [1.82, 2.24) is 4.90 Å². The Morgan fingerprint density at radius 1 is 1.11 bits per heavy atom. The number of rotatable bonds is 4. The van der Waals surface area contributed by atoms with E-state index in [1.165, 1.54) is 7.11 Å². The Morgan fingerprint density at radius 2 is 1.89 bits per heavy atom. The maximum absolute atomic E-state index is 13.1. The molecular weight excluding hydrogens is 344 g/mol. The lowest BCUT2D eigenvalue weighted by Crippen LogP contribution is -2.42. The van der Waals surface area contributed by atoms with Crippen molar-refractivity contribution in [1.29, 1.82) is 0 Å². The van der Waals surface area contributed by atoms with Crippen molar-refractivity contribution >= 4 is 17.6 Å². The molecule has 0 unspecified atom stereocenters. The number of para-hydroxylation sites is 1. The van der Waals surface area contributed by atoms with Crippen LogP contribution < -0.4 is 5.32 Å². The lowest BCUT2D eigenvalue weighted by Gasteiger charge is -2.37. The topological polar surface area (TPSA) is 71.8 Å². The predicted octanol–water partition coefficient (Wildman–Crippen LogP) is 3.83. The van der Waals surface area contributed by atoms with Crippen LogP contribution in [0.3, 0.4) is 0 Å². The number of esters is 1. The molecule has 136 valence electrons. The summed E-state index contributed by atoms with van der Waals surface area (Å²) in [5, 5.41) is 3.42. The van der Waals surface area contributed by atoms with Gasteiger partial charge in [0.05, 0.1) is 31.0 Å². The third-order valence-electron chi connectivity index (χ3n) is 4.58. The van der Waals surface area contributed by atoms with Crippen molar-refractivity contribution in [2.75, 3.05) is 12.4 Å². The second-order valence-corrected chi connectivity index (χ2v) is 6.22. The minimum atomic E-state index is -0.396. The van der Waals surface area contributed by atoms with E-state index < -0.39 is 5.97 Å². The lowest BCUT2D eigenvalue weighted by molar-refractivity contribution is 0.0598. The molecular formula is C21H18N2O4. The first kappa shape index (κ1) is 16.9. The van der Waals surface area contributed by atoms with Crippen molar-refractivity contribution in [3.05, 3.63) is 89.4 Å². The van der Waals surface area contributed by atoms with E-state index in [4.69, 9.17) is 9.15 Å². The molecule has 1 aromatic heterocycles. The van der Waals surface area contributed by atoms with E-state index in [2.05, 4.69) is 5.32 Å². The minimum absolute atomic E-state index is 0.0807. The predicted molar refractivity (Wildman–Crippen MR) is 99.2 cm³/mol. The molecule has 0 radical (unpaired) electrons. The van der Waals surface area contributed by atoms with Gasteiger partial charge < -0.3 is 19.4 Å². The Hall–Kier alpha value is -3.54. The summed E-state index contributed by atoms with van der Waals surface area (Å²) >= 11 is 0. The Morgan fingerprint density at radius 3 is 2.59 bits per heavy atom. The van der Waals surface area contributed by atoms with Crippen LogP contribution in [-0.4, -0.2) is 23.9 Å². The fourth-order valence-electron chi connectivity index (χ4n) is 3.21. The summed E-state index contributed by atoms with van der Waals surface area (Å²) in [5.74, 6) is 0.218. The smallest absolute Gasteiger partial charge is 0.337 e. The zero-order valence-corrected chi connectivity index (χ0v) is 14.7. The number of amides is 1. The molecule has 2 aromatic carbocycles. The Kier molecular flexibility index (Phi) is 4.38. The van der Waals surface area contributed by atoms with Gasteiger partial charge in [-0.05, 0) is 42.0 Å². The highest BCUT2D eigenvalue weighted by Crippen LogP contribution is 2.34. The molecule has 27 heavy (non-hydrogen) atoms.